The molecule has 0 saturated heterocycles. The summed E-state index contributed by atoms with van der Waals surface area (Å²) in [5, 5.41) is 3.55. The van der Waals surface area contributed by atoms with Crippen LogP contribution in [0.15, 0.2) is 36.1 Å². The van der Waals surface area contributed by atoms with Gasteiger partial charge in [0, 0.05) is 0 Å². The van der Waals surface area contributed by atoms with Crippen LogP contribution in [-0.4, -0.2) is 19.3 Å². The van der Waals surface area contributed by atoms with Crippen molar-refractivity contribution in [3.8, 4) is 5.75 Å². The van der Waals surface area contributed by atoms with Crippen molar-refractivity contribution in [3.05, 3.63) is 41.7 Å². The van der Waals surface area contributed by atoms with E-state index in [2.05, 4.69) is 30.4 Å². The van der Waals surface area contributed by atoms with Gasteiger partial charge in [-0.25, -0.2) is 0 Å². The highest BCUT2D eigenvalue weighted by molar-refractivity contribution is 5.35. The number of nitrogens with one attached hydrogen (secondary N) is 1. The van der Waals surface area contributed by atoms with Crippen molar-refractivity contribution in [2.45, 2.75) is 45.8 Å². The molecule has 3 heteroatoms. The number of hydrogen-bond donors (Lipinski definition) is 1. The van der Waals surface area contributed by atoms with Crippen molar-refractivity contribution in [1.29, 1.82) is 0 Å². The van der Waals surface area contributed by atoms with Crippen molar-refractivity contribution in [1.82, 2.24) is 5.32 Å². The van der Waals surface area contributed by atoms with Crippen LogP contribution in [0.2, 0.25) is 0 Å². The molecule has 0 radical (unpaired) electrons. The minimum absolute atomic E-state index is 0.195. The third-order valence-electron chi connectivity index (χ3n) is 3.30. The maximum Gasteiger partial charge on any atom is 0.120 e. The van der Waals surface area contributed by atoms with Gasteiger partial charge in [-0.05, 0) is 56.5 Å². The van der Waals surface area contributed by atoms with Gasteiger partial charge in [0.05, 0.1) is 25.0 Å². The first-order chi connectivity index (χ1) is 9.70. The fraction of sp³-hybridized carbons (Fsp3) is 0.529. The van der Waals surface area contributed by atoms with Gasteiger partial charge in [-0.3, -0.25) is 0 Å². The molecule has 1 N–H and O–H groups in total. The fourth-order valence-electron chi connectivity index (χ4n) is 2.50. The molecule has 1 aliphatic heterocycles. The first kappa shape index (κ1) is 14.9. The number of benzene rings is 1. The van der Waals surface area contributed by atoms with E-state index in [1.165, 1.54) is 11.1 Å². The molecule has 1 atom stereocenters. The summed E-state index contributed by atoms with van der Waals surface area (Å²) in [7, 11) is 0. The Bertz CT molecular complexity index is 454. The van der Waals surface area contributed by atoms with E-state index in [1.54, 1.807) is 0 Å². The second-order valence-corrected chi connectivity index (χ2v) is 5.40. The predicted molar refractivity (Wildman–Crippen MR) is 81.9 cm³/mol. The quantitative estimate of drug-likeness (QED) is 0.856. The molecule has 0 spiro atoms. The van der Waals surface area contributed by atoms with Crippen LogP contribution >= 0.6 is 0 Å². The lowest BCUT2D eigenvalue weighted by atomic mass is 9.95. The zero-order valence-electron chi connectivity index (χ0n) is 12.7. The van der Waals surface area contributed by atoms with Gasteiger partial charge in [-0.1, -0.05) is 19.1 Å². The maximum absolute atomic E-state index is 5.79. The third-order valence-corrected chi connectivity index (χ3v) is 3.30. The molecule has 3 nitrogen and oxygen atoms in total. The van der Waals surface area contributed by atoms with Gasteiger partial charge in [0.25, 0.3) is 0 Å². The summed E-state index contributed by atoms with van der Waals surface area (Å²) in [6.07, 6.45) is 4.30. The summed E-state index contributed by atoms with van der Waals surface area (Å²) in [5.74, 6) is 0.928. The van der Waals surface area contributed by atoms with E-state index < -0.39 is 0 Å². The van der Waals surface area contributed by atoms with Crippen LogP contribution < -0.4 is 10.1 Å². The predicted octanol–water partition coefficient (Wildman–Crippen LogP) is 3.82. The summed E-state index contributed by atoms with van der Waals surface area (Å²) >= 11 is 0. The molecule has 0 fully saturated rings. The van der Waals surface area contributed by atoms with Crippen LogP contribution in [0.1, 0.15) is 45.2 Å². The van der Waals surface area contributed by atoms with Crippen LogP contribution in [0.3, 0.4) is 0 Å². The molecule has 0 aliphatic carbocycles. The number of rotatable bonds is 6. The molecule has 110 valence electrons. The van der Waals surface area contributed by atoms with Gasteiger partial charge in [0.2, 0.25) is 0 Å². The van der Waals surface area contributed by atoms with Crippen molar-refractivity contribution >= 4 is 0 Å². The molecular formula is C17H25NO2. The van der Waals surface area contributed by atoms with E-state index >= 15 is 0 Å². The Morgan fingerprint density at radius 3 is 2.85 bits per heavy atom. The monoisotopic (exact) mass is 275 g/mol. The number of hydrogen-bond acceptors (Lipinski definition) is 3. The lowest BCUT2D eigenvalue weighted by molar-refractivity contribution is 0.219. The largest absolute Gasteiger partial charge is 0.501 e. The van der Waals surface area contributed by atoms with Crippen LogP contribution in [0.25, 0.3) is 0 Å². The topological polar surface area (TPSA) is 30.5 Å². The van der Waals surface area contributed by atoms with Crippen molar-refractivity contribution in [2.75, 3.05) is 13.2 Å². The van der Waals surface area contributed by atoms with Crippen LogP contribution in [-0.2, 0) is 4.74 Å². The Morgan fingerprint density at radius 1 is 1.35 bits per heavy atom. The number of ether oxygens (including phenoxy) is 2. The van der Waals surface area contributed by atoms with Gasteiger partial charge in [-0.2, -0.15) is 0 Å². The molecule has 0 amide bonds. The molecule has 1 aromatic carbocycles. The highest BCUT2D eigenvalue weighted by Crippen LogP contribution is 2.29. The van der Waals surface area contributed by atoms with Crippen molar-refractivity contribution in [2.24, 2.45) is 0 Å². The van der Waals surface area contributed by atoms with Crippen LogP contribution in [0.5, 0.6) is 5.75 Å². The van der Waals surface area contributed by atoms with E-state index in [9.17, 15) is 0 Å². The summed E-state index contributed by atoms with van der Waals surface area (Å²) < 4.78 is 11.3. The Hall–Kier alpha value is -1.48. The lowest BCUT2D eigenvalue weighted by Crippen LogP contribution is -2.24. The maximum atomic E-state index is 5.79. The van der Waals surface area contributed by atoms with Gasteiger partial charge >= 0.3 is 0 Å². The molecule has 0 saturated carbocycles. The van der Waals surface area contributed by atoms with Gasteiger partial charge in [-0.15, -0.1) is 0 Å². The first-order valence-corrected chi connectivity index (χ1v) is 7.51. The average molecular weight is 275 g/mol. The second-order valence-electron chi connectivity index (χ2n) is 5.40. The van der Waals surface area contributed by atoms with Gasteiger partial charge in [0.1, 0.15) is 5.75 Å². The molecule has 0 bridgehead atoms. The molecule has 0 aromatic heterocycles. The van der Waals surface area contributed by atoms with E-state index in [-0.39, 0.29) is 12.1 Å². The fourth-order valence-corrected chi connectivity index (χ4v) is 2.50. The molecule has 1 unspecified atom stereocenters. The molecule has 1 aliphatic rings. The zero-order valence-corrected chi connectivity index (χ0v) is 12.7. The Balaban J connectivity index is 2.22. The highest BCUT2D eigenvalue weighted by atomic mass is 16.5. The second kappa shape index (κ2) is 7.34. The summed E-state index contributed by atoms with van der Waals surface area (Å²) in [6, 6.07) is 8.56. The van der Waals surface area contributed by atoms with E-state index in [1.807, 2.05) is 26.2 Å². The summed E-state index contributed by atoms with van der Waals surface area (Å²) in [6.45, 7) is 7.99. The van der Waals surface area contributed by atoms with Crippen LogP contribution in [0.4, 0.5) is 0 Å². The van der Waals surface area contributed by atoms with Gasteiger partial charge < -0.3 is 14.8 Å². The third kappa shape index (κ3) is 4.01. The number of likely N-dealkylation sites (N-methyl/N-ethyl adjacent to an activating group) is 1. The lowest BCUT2D eigenvalue weighted by Gasteiger charge is -2.25. The minimum atomic E-state index is 0.195. The standard InChI is InChI=1S/C17H25NO2/c1-4-18-17(15-8-6-10-19-12-15)14-7-5-9-16(11-14)20-13(2)3/h5,7,9,11-13,17-18H,4,6,8,10H2,1-3H3. The van der Waals surface area contributed by atoms with E-state index in [0.29, 0.717) is 0 Å². The van der Waals surface area contributed by atoms with Crippen molar-refractivity contribution < 1.29 is 9.47 Å². The van der Waals surface area contributed by atoms with Crippen molar-refractivity contribution in [3.63, 3.8) is 0 Å². The SMILES string of the molecule is CCNC(C1=COCCC1)c1cccc(OC(C)C)c1. The van der Waals surface area contributed by atoms with E-state index in [0.717, 1.165) is 31.7 Å². The Morgan fingerprint density at radius 2 is 2.20 bits per heavy atom. The Labute approximate surface area is 122 Å². The molecule has 2 rings (SSSR count). The highest BCUT2D eigenvalue weighted by Gasteiger charge is 2.18. The molecule has 20 heavy (non-hydrogen) atoms. The van der Waals surface area contributed by atoms with Crippen LogP contribution in [0, 0.1) is 0 Å². The zero-order chi connectivity index (χ0) is 14.4. The van der Waals surface area contributed by atoms with E-state index in [4.69, 9.17) is 9.47 Å². The minimum Gasteiger partial charge on any atom is -0.501 e. The van der Waals surface area contributed by atoms with Gasteiger partial charge in [0.15, 0.2) is 0 Å². The summed E-state index contributed by atoms with van der Waals surface area (Å²) in [5.41, 5.74) is 2.56. The molecule has 1 heterocycles. The molecular weight excluding hydrogens is 250 g/mol. The summed E-state index contributed by atoms with van der Waals surface area (Å²) in [4.78, 5) is 0. The smallest absolute Gasteiger partial charge is 0.120 e. The Kier molecular flexibility index (Phi) is 5.48. The first-order valence-electron chi connectivity index (χ1n) is 7.51. The normalized spacial score (nSPS) is 16.5. The average Bonchev–Trinajstić information content (AvgIpc) is 2.45. The molecule has 1 aromatic rings.